The molecule has 8 heteroatoms. The van der Waals surface area contributed by atoms with Crippen LogP contribution in [0.2, 0.25) is 0 Å². The van der Waals surface area contributed by atoms with Gasteiger partial charge in [0.1, 0.15) is 5.52 Å². The number of hydrogen-bond donors (Lipinski definition) is 0. The van der Waals surface area contributed by atoms with Crippen LogP contribution >= 0.6 is 0 Å². The van der Waals surface area contributed by atoms with Gasteiger partial charge in [-0.25, -0.2) is 0 Å². The molecule has 0 saturated heterocycles. The van der Waals surface area contributed by atoms with Crippen LogP contribution < -0.4 is 0 Å². The summed E-state index contributed by atoms with van der Waals surface area (Å²) in [5.74, 6) is 1.62. The second-order valence-electron chi connectivity index (χ2n) is 15.1. The lowest BCUT2D eigenvalue weighted by atomic mass is 10.1. The van der Waals surface area contributed by atoms with Crippen LogP contribution in [0.3, 0.4) is 0 Å². The number of benzene rings is 7. The van der Waals surface area contributed by atoms with Crippen molar-refractivity contribution < 1.29 is 0 Å². The summed E-state index contributed by atoms with van der Waals surface area (Å²) in [7, 11) is 0. The summed E-state index contributed by atoms with van der Waals surface area (Å²) in [6.45, 7) is 0. The Labute approximate surface area is 342 Å². The first kappa shape index (κ1) is 32.7. The van der Waals surface area contributed by atoms with Crippen molar-refractivity contribution in [3.63, 3.8) is 0 Å². The number of para-hydroxylation sites is 6. The first-order valence-electron chi connectivity index (χ1n) is 20.1. The normalized spacial score (nSPS) is 12.0. The average molecular weight is 769 g/mol. The van der Waals surface area contributed by atoms with Crippen molar-refractivity contribution in [2.45, 2.75) is 0 Å². The number of rotatable bonds is 5. The summed E-state index contributed by atoms with van der Waals surface area (Å²) >= 11 is 0. The third-order valence-electron chi connectivity index (χ3n) is 11.8. The molecule has 13 aromatic rings. The fraction of sp³-hybridized carbons (Fsp3) is 0. The Hall–Kier alpha value is -8.36. The van der Waals surface area contributed by atoms with E-state index in [-0.39, 0.29) is 0 Å². The van der Waals surface area contributed by atoms with Crippen LogP contribution in [0.15, 0.2) is 194 Å². The third kappa shape index (κ3) is 4.55. The number of nitrogens with zero attached hydrogens (tertiary/aromatic N) is 8. The minimum absolute atomic E-state index is 0.520. The zero-order valence-corrected chi connectivity index (χ0v) is 32.1. The largest absolute Gasteiger partial charge is 0.306 e. The molecule has 0 unspecified atom stereocenters. The number of pyridine rings is 1. The molecule has 8 nitrogen and oxygen atoms in total. The van der Waals surface area contributed by atoms with Gasteiger partial charge in [-0.2, -0.15) is 15.0 Å². The quantitative estimate of drug-likeness (QED) is 0.175. The van der Waals surface area contributed by atoms with Crippen molar-refractivity contribution in [3.05, 3.63) is 194 Å². The van der Waals surface area contributed by atoms with E-state index >= 15 is 0 Å². The van der Waals surface area contributed by atoms with E-state index in [1.54, 1.807) is 0 Å². The zero-order chi connectivity index (χ0) is 39.3. The molecule has 0 saturated carbocycles. The van der Waals surface area contributed by atoms with E-state index in [9.17, 15) is 0 Å². The van der Waals surface area contributed by atoms with Crippen molar-refractivity contribution in [2.24, 2.45) is 0 Å². The summed E-state index contributed by atoms with van der Waals surface area (Å²) < 4.78 is 9.28. The second-order valence-corrected chi connectivity index (χ2v) is 15.1. The zero-order valence-electron chi connectivity index (χ0n) is 32.1. The fourth-order valence-electron chi connectivity index (χ4n) is 9.39. The molecule has 0 atom stereocenters. The molecule has 6 heterocycles. The van der Waals surface area contributed by atoms with Crippen LogP contribution in [0.5, 0.6) is 0 Å². The van der Waals surface area contributed by atoms with Gasteiger partial charge in [0.2, 0.25) is 11.9 Å². The van der Waals surface area contributed by atoms with Crippen LogP contribution in [0.4, 0.5) is 0 Å². The summed E-state index contributed by atoms with van der Waals surface area (Å²) in [4.78, 5) is 21.2. The molecular weight excluding hydrogens is 737 g/mol. The van der Waals surface area contributed by atoms with Gasteiger partial charge in [0.15, 0.2) is 5.82 Å². The molecule has 60 heavy (non-hydrogen) atoms. The van der Waals surface area contributed by atoms with Crippen LogP contribution in [0, 0.1) is 0 Å². The van der Waals surface area contributed by atoms with Gasteiger partial charge in [-0.3, -0.25) is 14.1 Å². The molecule has 0 aliphatic carbocycles. The smallest absolute Gasteiger partial charge is 0.240 e. The first-order chi connectivity index (χ1) is 29.8. The predicted octanol–water partition coefficient (Wildman–Crippen LogP) is 12.2. The minimum Gasteiger partial charge on any atom is -0.306 e. The van der Waals surface area contributed by atoms with Crippen LogP contribution in [0.1, 0.15) is 0 Å². The fourth-order valence-corrected chi connectivity index (χ4v) is 9.39. The molecule has 6 aromatic heterocycles. The Morgan fingerprint density at radius 2 is 0.750 bits per heavy atom. The summed E-state index contributed by atoms with van der Waals surface area (Å²) in [5.41, 5.74) is 12.3. The Balaban J connectivity index is 1.24. The van der Waals surface area contributed by atoms with Gasteiger partial charge in [0, 0.05) is 50.1 Å². The van der Waals surface area contributed by atoms with Gasteiger partial charge >= 0.3 is 0 Å². The van der Waals surface area contributed by atoms with E-state index in [0.717, 1.165) is 93.5 Å². The predicted molar refractivity (Wildman–Crippen MR) is 243 cm³/mol. The van der Waals surface area contributed by atoms with Crippen molar-refractivity contribution >= 4 is 76.6 Å². The van der Waals surface area contributed by atoms with Crippen LogP contribution in [-0.2, 0) is 0 Å². The van der Waals surface area contributed by atoms with E-state index in [4.69, 9.17) is 19.9 Å². The molecule has 13 rings (SSSR count). The Kier molecular flexibility index (Phi) is 6.85. The highest BCUT2D eigenvalue weighted by molar-refractivity contribution is 6.25. The summed E-state index contributed by atoms with van der Waals surface area (Å²) in [6, 6.07) is 65.6. The van der Waals surface area contributed by atoms with Gasteiger partial charge in [-0.15, -0.1) is 0 Å². The van der Waals surface area contributed by atoms with Crippen molar-refractivity contribution in [3.8, 4) is 34.7 Å². The lowest BCUT2D eigenvalue weighted by Crippen LogP contribution is -2.10. The van der Waals surface area contributed by atoms with E-state index in [0.29, 0.717) is 17.7 Å². The third-order valence-corrected chi connectivity index (χ3v) is 11.8. The SMILES string of the molecule is c1ccc(-c2nc(-n3c4ccccc4c4cnc5ccccc5c43)nc(-n3c4ccccc4c4c3c3c(c5ccccc5n3-c3ccccc3)n4-c3ccccc3)n2)cc1. The average Bonchev–Trinajstić information content (AvgIpc) is 4.04. The monoisotopic (exact) mass is 768 g/mol. The van der Waals surface area contributed by atoms with E-state index < -0.39 is 0 Å². The molecule has 0 radical (unpaired) electrons. The number of hydrogen-bond acceptors (Lipinski definition) is 4. The van der Waals surface area contributed by atoms with E-state index in [1.807, 2.05) is 30.5 Å². The number of aromatic nitrogens is 8. The highest BCUT2D eigenvalue weighted by atomic mass is 15.3. The molecule has 0 N–H and O–H groups in total. The highest BCUT2D eigenvalue weighted by Crippen LogP contribution is 2.45. The maximum absolute atomic E-state index is 5.56. The Morgan fingerprint density at radius 3 is 1.38 bits per heavy atom. The maximum Gasteiger partial charge on any atom is 0.240 e. The number of fused-ring (bicyclic) bond motifs is 12. The molecule has 0 amide bonds. The molecule has 280 valence electrons. The van der Waals surface area contributed by atoms with Crippen LogP contribution in [0.25, 0.3) is 111 Å². The molecule has 0 bridgehead atoms. The molecule has 7 aromatic carbocycles. The van der Waals surface area contributed by atoms with Gasteiger partial charge in [0.05, 0.1) is 44.1 Å². The highest BCUT2D eigenvalue weighted by Gasteiger charge is 2.29. The lowest BCUT2D eigenvalue weighted by molar-refractivity contribution is 0.894. The van der Waals surface area contributed by atoms with E-state index in [1.165, 1.54) is 0 Å². The van der Waals surface area contributed by atoms with Gasteiger partial charge in [-0.05, 0) is 48.5 Å². The Morgan fingerprint density at radius 1 is 0.300 bits per heavy atom. The van der Waals surface area contributed by atoms with Gasteiger partial charge in [0.25, 0.3) is 0 Å². The first-order valence-corrected chi connectivity index (χ1v) is 20.1. The maximum atomic E-state index is 5.56. The lowest BCUT2D eigenvalue weighted by Gasteiger charge is -2.13. The topological polar surface area (TPSA) is 71.3 Å². The Bertz CT molecular complexity index is 3820. The molecule has 0 spiro atoms. The molecule has 0 fully saturated rings. The second kappa shape index (κ2) is 12.6. The van der Waals surface area contributed by atoms with Crippen molar-refractivity contribution in [2.75, 3.05) is 0 Å². The van der Waals surface area contributed by atoms with Crippen molar-refractivity contribution in [1.29, 1.82) is 0 Å². The van der Waals surface area contributed by atoms with Gasteiger partial charge in [-0.1, -0.05) is 140 Å². The van der Waals surface area contributed by atoms with Gasteiger partial charge < -0.3 is 9.13 Å². The molecule has 0 aliphatic heterocycles. The minimum atomic E-state index is 0.520. The summed E-state index contributed by atoms with van der Waals surface area (Å²) in [6.07, 6.45) is 1.98. The summed E-state index contributed by atoms with van der Waals surface area (Å²) in [5, 5.41) is 5.39. The van der Waals surface area contributed by atoms with Crippen LogP contribution in [-0.4, -0.2) is 38.2 Å². The van der Waals surface area contributed by atoms with Crippen molar-refractivity contribution in [1.82, 2.24) is 38.2 Å². The standard InChI is InChI=1S/C52H32N8/c1-4-18-33(19-5-1)50-54-51(59-42-29-15-11-24-36(42)40-32-53-41-28-14-10-25-37(41)45(40)59)56-52(55-50)60-44-31-17-13-27-39(44)47-49(60)48-46(58(47)35-22-8-3-9-23-35)38-26-12-16-30-43(38)57(48)34-20-6-2-7-21-34/h1-32H. The van der Waals surface area contributed by atoms with E-state index in [2.05, 4.69) is 182 Å². The molecule has 0 aliphatic rings. The molecular formula is C52H32N8.